The number of nitrogen functional groups attached to an aromatic ring is 1. The SMILES string of the molecule is Cc1oc(-c2cccs2)nc1Cn1c(N)nc(C#N)c1C#N. The van der Waals surface area contributed by atoms with Crippen LogP contribution in [0.4, 0.5) is 5.95 Å². The molecule has 3 heterocycles. The van der Waals surface area contributed by atoms with E-state index < -0.39 is 0 Å². The van der Waals surface area contributed by atoms with Crippen LogP contribution < -0.4 is 5.73 Å². The van der Waals surface area contributed by atoms with Gasteiger partial charge in [-0.3, -0.25) is 4.57 Å². The highest BCUT2D eigenvalue weighted by molar-refractivity contribution is 7.13. The van der Waals surface area contributed by atoms with Gasteiger partial charge in [-0.15, -0.1) is 11.3 Å². The number of oxazole rings is 1. The van der Waals surface area contributed by atoms with E-state index in [1.54, 1.807) is 6.92 Å². The number of nitriles is 2. The molecule has 22 heavy (non-hydrogen) atoms. The smallest absolute Gasteiger partial charge is 0.236 e. The van der Waals surface area contributed by atoms with Crippen LogP contribution in [0.1, 0.15) is 22.8 Å². The van der Waals surface area contributed by atoms with E-state index in [4.69, 9.17) is 15.4 Å². The Kier molecular flexibility index (Phi) is 3.37. The van der Waals surface area contributed by atoms with Gasteiger partial charge in [-0.25, -0.2) is 9.97 Å². The fraction of sp³-hybridized carbons (Fsp3) is 0.143. The summed E-state index contributed by atoms with van der Waals surface area (Å²) in [7, 11) is 0. The second kappa shape index (κ2) is 5.35. The van der Waals surface area contributed by atoms with Gasteiger partial charge in [0.2, 0.25) is 11.8 Å². The maximum atomic E-state index is 9.19. The molecule has 0 saturated heterocycles. The van der Waals surface area contributed by atoms with Crippen molar-refractivity contribution in [2.75, 3.05) is 5.73 Å². The van der Waals surface area contributed by atoms with Crippen molar-refractivity contribution in [3.05, 3.63) is 40.4 Å². The van der Waals surface area contributed by atoms with E-state index in [0.717, 1.165) is 4.88 Å². The van der Waals surface area contributed by atoms with E-state index in [2.05, 4.69) is 9.97 Å². The zero-order chi connectivity index (χ0) is 15.7. The maximum Gasteiger partial charge on any atom is 0.236 e. The second-order valence-electron chi connectivity index (χ2n) is 4.48. The summed E-state index contributed by atoms with van der Waals surface area (Å²) >= 11 is 1.53. The lowest BCUT2D eigenvalue weighted by Gasteiger charge is -2.03. The Hall–Kier alpha value is -3.10. The summed E-state index contributed by atoms with van der Waals surface area (Å²) in [6.07, 6.45) is 0. The highest BCUT2D eigenvalue weighted by Crippen LogP contribution is 2.27. The molecule has 0 unspecified atom stereocenters. The summed E-state index contributed by atoms with van der Waals surface area (Å²) in [5, 5.41) is 20.1. The molecule has 3 aromatic rings. The van der Waals surface area contributed by atoms with Crippen LogP contribution in [0.25, 0.3) is 10.8 Å². The van der Waals surface area contributed by atoms with Gasteiger partial charge in [-0.1, -0.05) is 6.07 Å². The molecular formula is C14H10N6OS. The van der Waals surface area contributed by atoms with Crippen molar-refractivity contribution in [2.45, 2.75) is 13.5 Å². The molecule has 0 radical (unpaired) electrons. The molecule has 2 N–H and O–H groups in total. The molecule has 8 heteroatoms. The van der Waals surface area contributed by atoms with E-state index in [9.17, 15) is 5.26 Å². The number of nitrogens with zero attached hydrogens (tertiary/aromatic N) is 5. The minimum atomic E-state index is 0.0135. The molecule has 0 fully saturated rings. The van der Waals surface area contributed by atoms with Gasteiger partial charge in [0.15, 0.2) is 11.4 Å². The first kappa shape index (κ1) is 13.9. The summed E-state index contributed by atoms with van der Waals surface area (Å²) in [5.41, 5.74) is 6.57. The molecule has 108 valence electrons. The number of imidazole rings is 1. The molecule has 0 amide bonds. The minimum absolute atomic E-state index is 0.0135. The Balaban J connectivity index is 2.00. The molecule has 0 bridgehead atoms. The predicted octanol–water partition coefficient (Wildman–Crippen LogP) is 2.28. The topological polar surface area (TPSA) is 117 Å². The van der Waals surface area contributed by atoms with Crippen LogP contribution in [0.15, 0.2) is 21.9 Å². The normalized spacial score (nSPS) is 10.3. The third-order valence-electron chi connectivity index (χ3n) is 3.14. The summed E-state index contributed by atoms with van der Waals surface area (Å²) < 4.78 is 7.11. The zero-order valence-corrected chi connectivity index (χ0v) is 12.4. The van der Waals surface area contributed by atoms with Crippen LogP contribution in [0.2, 0.25) is 0 Å². The van der Waals surface area contributed by atoms with Gasteiger partial charge in [0.25, 0.3) is 0 Å². The predicted molar refractivity (Wildman–Crippen MR) is 79.7 cm³/mol. The fourth-order valence-corrected chi connectivity index (χ4v) is 2.70. The average molecular weight is 310 g/mol. The third-order valence-corrected chi connectivity index (χ3v) is 4.00. The van der Waals surface area contributed by atoms with Crippen molar-refractivity contribution in [2.24, 2.45) is 0 Å². The van der Waals surface area contributed by atoms with E-state index in [-0.39, 0.29) is 23.9 Å². The summed E-state index contributed by atoms with van der Waals surface area (Å²) in [6.45, 7) is 2.02. The molecule has 3 rings (SSSR count). The summed E-state index contributed by atoms with van der Waals surface area (Å²) in [4.78, 5) is 9.25. The first-order valence-corrected chi connectivity index (χ1v) is 7.18. The molecular weight excluding hydrogens is 300 g/mol. The van der Waals surface area contributed by atoms with Crippen LogP contribution in [0, 0.1) is 29.6 Å². The monoisotopic (exact) mass is 310 g/mol. The highest BCUT2D eigenvalue weighted by atomic mass is 32.1. The third kappa shape index (κ3) is 2.22. The Morgan fingerprint density at radius 3 is 2.82 bits per heavy atom. The van der Waals surface area contributed by atoms with Crippen LogP contribution in [0.5, 0.6) is 0 Å². The van der Waals surface area contributed by atoms with Crippen molar-refractivity contribution in [1.29, 1.82) is 10.5 Å². The lowest BCUT2D eigenvalue weighted by molar-refractivity contribution is 0.539. The number of aromatic nitrogens is 3. The minimum Gasteiger partial charge on any atom is -0.440 e. The van der Waals surface area contributed by atoms with Crippen LogP contribution in [-0.4, -0.2) is 14.5 Å². The first-order valence-electron chi connectivity index (χ1n) is 6.30. The number of nitrogens with two attached hydrogens (primary N) is 1. The van der Waals surface area contributed by atoms with Crippen LogP contribution in [0.3, 0.4) is 0 Å². The van der Waals surface area contributed by atoms with Gasteiger partial charge in [-0.05, 0) is 18.4 Å². The van der Waals surface area contributed by atoms with E-state index in [1.807, 2.05) is 29.7 Å². The summed E-state index contributed by atoms with van der Waals surface area (Å²) in [6, 6.07) is 7.64. The van der Waals surface area contributed by atoms with E-state index in [1.165, 1.54) is 15.9 Å². The average Bonchev–Trinajstić information content (AvgIpc) is 3.20. The first-order chi connectivity index (χ1) is 10.6. The number of thiophene rings is 1. The molecule has 3 aromatic heterocycles. The lowest BCUT2D eigenvalue weighted by atomic mass is 10.3. The van der Waals surface area contributed by atoms with Gasteiger partial charge in [-0.2, -0.15) is 10.5 Å². The van der Waals surface area contributed by atoms with E-state index >= 15 is 0 Å². The highest BCUT2D eigenvalue weighted by Gasteiger charge is 2.19. The zero-order valence-electron chi connectivity index (χ0n) is 11.6. The Labute approximate surface area is 129 Å². The number of anilines is 1. The second-order valence-corrected chi connectivity index (χ2v) is 5.42. The molecule has 0 atom stereocenters. The van der Waals surface area contributed by atoms with Gasteiger partial charge in [0.1, 0.15) is 23.6 Å². The number of hydrogen-bond acceptors (Lipinski definition) is 7. The van der Waals surface area contributed by atoms with Crippen molar-refractivity contribution in [3.8, 4) is 22.9 Å². The Bertz CT molecular complexity index is 907. The van der Waals surface area contributed by atoms with Gasteiger partial charge in [0.05, 0.1) is 11.4 Å². The van der Waals surface area contributed by atoms with Gasteiger partial charge >= 0.3 is 0 Å². The largest absolute Gasteiger partial charge is 0.440 e. The molecule has 0 aromatic carbocycles. The molecule has 0 spiro atoms. The van der Waals surface area contributed by atoms with Crippen molar-refractivity contribution in [3.63, 3.8) is 0 Å². The number of hydrogen-bond donors (Lipinski definition) is 1. The van der Waals surface area contributed by atoms with E-state index in [0.29, 0.717) is 17.3 Å². The maximum absolute atomic E-state index is 9.19. The lowest BCUT2D eigenvalue weighted by Crippen LogP contribution is -2.08. The quantitative estimate of drug-likeness (QED) is 0.793. The van der Waals surface area contributed by atoms with Gasteiger partial charge < -0.3 is 10.2 Å². The van der Waals surface area contributed by atoms with Crippen molar-refractivity contribution < 1.29 is 4.42 Å². The molecule has 0 saturated carbocycles. The van der Waals surface area contributed by atoms with Crippen molar-refractivity contribution in [1.82, 2.24) is 14.5 Å². The molecule has 0 aliphatic carbocycles. The van der Waals surface area contributed by atoms with Gasteiger partial charge in [0, 0.05) is 0 Å². The molecule has 7 nitrogen and oxygen atoms in total. The van der Waals surface area contributed by atoms with Crippen LogP contribution in [-0.2, 0) is 6.54 Å². The Morgan fingerprint density at radius 2 is 2.18 bits per heavy atom. The molecule has 0 aliphatic heterocycles. The fourth-order valence-electron chi connectivity index (χ4n) is 2.05. The molecule has 0 aliphatic rings. The van der Waals surface area contributed by atoms with Crippen LogP contribution >= 0.6 is 11.3 Å². The standard InChI is InChI=1S/C14H10N6OS/c1-8-10(18-13(21-8)12-3-2-4-22-12)7-20-11(6-16)9(5-15)19-14(20)17/h2-4H,7H2,1H3,(H2,17,19). The summed E-state index contributed by atoms with van der Waals surface area (Å²) in [5.74, 6) is 1.27. The van der Waals surface area contributed by atoms with Crippen molar-refractivity contribution >= 4 is 17.3 Å². The Morgan fingerprint density at radius 1 is 1.36 bits per heavy atom. The number of rotatable bonds is 3. The number of aryl methyl sites for hydroxylation is 1.